The minimum atomic E-state index is 0.0986. The smallest absolute Gasteiger partial charge is 0.246 e. The lowest BCUT2D eigenvalue weighted by atomic mass is 9.95. The Kier molecular flexibility index (Phi) is 4.25. The van der Waals surface area contributed by atoms with Crippen LogP contribution in [0.1, 0.15) is 32.3 Å². The first-order chi connectivity index (χ1) is 9.06. The van der Waals surface area contributed by atoms with Crippen molar-refractivity contribution in [2.75, 3.05) is 12.3 Å². The van der Waals surface area contributed by atoms with Crippen LogP contribution in [0.15, 0.2) is 30.3 Å². The van der Waals surface area contributed by atoms with E-state index in [-0.39, 0.29) is 5.91 Å². The molecule has 2 rings (SSSR count). The lowest BCUT2D eigenvalue weighted by molar-refractivity contribution is -0.130. The van der Waals surface area contributed by atoms with Crippen LogP contribution in [0.2, 0.25) is 0 Å². The van der Waals surface area contributed by atoms with Crippen LogP contribution in [-0.4, -0.2) is 23.4 Å². The molecule has 0 saturated carbocycles. The SMILES string of the molecule is CC1CCC(C)N(C(=O)/C=C/c2cccc(N)c2)C1. The van der Waals surface area contributed by atoms with Crippen molar-refractivity contribution in [3.8, 4) is 0 Å². The number of likely N-dealkylation sites (tertiary alicyclic amines) is 1. The number of piperidine rings is 1. The third-order valence-corrected chi connectivity index (χ3v) is 3.73. The fourth-order valence-electron chi connectivity index (χ4n) is 2.52. The van der Waals surface area contributed by atoms with Gasteiger partial charge in [-0.1, -0.05) is 19.1 Å². The van der Waals surface area contributed by atoms with Gasteiger partial charge >= 0.3 is 0 Å². The van der Waals surface area contributed by atoms with Crippen molar-refractivity contribution in [2.45, 2.75) is 32.7 Å². The van der Waals surface area contributed by atoms with Gasteiger partial charge in [-0.05, 0) is 49.5 Å². The van der Waals surface area contributed by atoms with E-state index in [1.165, 1.54) is 6.42 Å². The maximum atomic E-state index is 12.2. The Bertz CT molecular complexity index is 481. The highest BCUT2D eigenvalue weighted by Gasteiger charge is 2.25. The third kappa shape index (κ3) is 3.60. The highest BCUT2D eigenvalue weighted by atomic mass is 16.2. The lowest BCUT2D eigenvalue weighted by Crippen LogP contribution is -2.44. The molecule has 0 aliphatic carbocycles. The molecule has 0 spiro atoms. The molecule has 1 aromatic rings. The van der Waals surface area contributed by atoms with Gasteiger partial charge in [-0.25, -0.2) is 0 Å². The Hall–Kier alpha value is -1.77. The van der Waals surface area contributed by atoms with Gasteiger partial charge in [-0.3, -0.25) is 4.79 Å². The first-order valence-electron chi connectivity index (χ1n) is 6.90. The normalized spacial score (nSPS) is 23.8. The molecule has 1 fully saturated rings. The average molecular weight is 258 g/mol. The molecule has 1 aliphatic heterocycles. The van der Waals surface area contributed by atoms with Gasteiger partial charge in [-0.2, -0.15) is 0 Å². The van der Waals surface area contributed by atoms with E-state index in [2.05, 4.69) is 13.8 Å². The van der Waals surface area contributed by atoms with Crippen LogP contribution in [0.4, 0.5) is 5.69 Å². The zero-order valence-corrected chi connectivity index (χ0v) is 11.7. The minimum absolute atomic E-state index is 0.0986. The predicted octanol–water partition coefficient (Wildman–Crippen LogP) is 2.93. The maximum absolute atomic E-state index is 12.2. The number of hydrogen-bond acceptors (Lipinski definition) is 2. The molecule has 1 amide bonds. The summed E-state index contributed by atoms with van der Waals surface area (Å²) in [6.45, 7) is 5.19. The molecule has 1 saturated heterocycles. The van der Waals surface area contributed by atoms with Crippen LogP contribution in [0.3, 0.4) is 0 Å². The van der Waals surface area contributed by atoms with Crippen molar-refractivity contribution in [1.82, 2.24) is 4.90 Å². The van der Waals surface area contributed by atoms with Crippen LogP contribution >= 0.6 is 0 Å². The molecular weight excluding hydrogens is 236 g/mol. The standard InChI is InChI=1S/C16H22N2O/c1-12-6-7-13(2)18(11-12)16(19)9-8-14-4-3-5-15(17)10-14/h3-5,8-10,12-13H,6-7,11,17H2,1-2H3/b9-8+. The molecular formula is C16H22N2O. The topological polar surface area (TPSA) is 46.3 Å². The molecule has 102 valence electrons. The number of anilines is 1. The van der Waals surface area contributed by atoms with Gasteiger partial charge in [0.15, 0.2) is 0 Å². The van der Waals surface area contributed by atoms with Gasteiger partial charge in [0, 0.05) is 24.4 Å². The molecule has 1 aliphatic rings. The number of rotatable bonds is 2. The summed E-state index contributed by atoms with van der Waals surface area (Å²) in [7, 11) is 0. The second-order valence-corrected chi connectivity index (χ2v) is 5.53. The van der Waals surface area contributed by atoms with Crippen molar-refractivity contribution < 1.29 is 4.79 Å². The Balaban J connectivity index is 2.04. The van der Waals surface area contributed by atoms with Gasteiger partial charge in [0.25, 0.3) is 0 Å². The molecule has 0 bridgehead atoms. The first kappa shape index (κ1) is 13.7. The minimum Gasteiger partial charge on any atom is -0.399 e. The van der Waals surface area contributed by atoms with Crippen LogP contribution in [-0.2, 0) is 4.79 Å². The number of nitrogens with two attached hydrogens (primary N) is 1. The highest BCUT2D eigenvalue weighted by molar-refractivity contribution is 5.92. The number of hydrogen-bond donors (Lipinski definition) is 1. The molecule has 2 unspecified atom stereocenters. The zero-order chi connectivity index (χ0) is 13.8. The van der Waals surface area contributed by atoms with E-state index < -0.39 is 0 Å². The monoisotopic (exact) mass is 258 g/mol. The predicted molar refractivity (Wildman–Crippen MR) is 79.5 cm³/mol. The summed E-state index contributed by atoms with van der Waals surface area (Å²) in [5.74, 6) is 0.697. The fourth-order valence-corrected chi connectivity index (χ4v) is 2.52. The van der Waals surface area contributed by atoms with E-state index in [1.807, 2.05) is 35.2 Å². The summed E-state index contributed by atoms with van der Waals surface area (Å²) < 4.78 is 0. The van der Waals surface area contributed by atoms with Gasteiger partial charge in [-0.15, -0.1) is 0 Å². The molecule has 2 atom stereocenters. The molecule has 2 N–H and O–H groups in total. The fraction of sp³-hybridized carbons (Fsp3) is 0.438. The van der Waals surface area contributed by atoms with E-state index in [0.717, 1.165) is 24.2 Å². The Morgan fingerprint density at radius 1 is 1.37 bits per heavy atom. The van der Waals surface area contributed by atoms with Crippen molar-refractivity contribution in [2.24, 2.45) is 5.92 Å². The largest absolute Gasteiger partial charge is 0.399 e. The molecule has 3 heteroatoms. The Morgan fingerprint density at radius 2 is 2.16 bits per heavy atom. The molecule has 1 heterocycles. The number of benzene rings is 1. The summed E-state index contributed by atoms with van der Waals surface area (Å²) >= 11 is 0. The Labute approximate surface area is 115 Å². The van der Waals surface area contributed by atoms with Crippen molar-refractivity contribution in [1.29, 1.82) is 0 Å². The summed E-state index contributed by atoms with van der Waals surface area (Å²) in [6.07, 6.45) is 5.80. The van der Waals surface area contributed by atoms with E-state index in [4.69, 9.17) is 5.73 Å². The Morgan fingerprint density at radius 3 is 2.89 bits per heavy atom. The summed E-state index contributed by atoms with van der Waals surface area (Å²) in [6, 6.07) is 7.89. The molecule has 19 heavy (non-hydrogen) atoms. The summed E-state index contributed by atoms with van der Waals surface area (Å²) in [5.41, 5.74) is 7.40. The second-order valence-electron chi connectivity index (χ2n) is 5.53. The summed E-state index contributed by atoms with van der Waals surface area (Å²) in [5, 5.41) is 0. The van der Waals surface area contributed by atoms with E-state index in [0.29, 0.717) is 12.0 Å². The molecule has 1 aromatic carbocycles. The average Bonchev–Trinajstić information content (AvgIpc) is 2.39. The van der Waals surface area contributed by atoms with Gasteiger partial charge < -0.3 is 10.6 Å². The highest BCUT2D eigenvalue weighted by Crippen LogP contribution is 2.21. The number of nitrogen functional groups attached to an aromatic ring is 1. The molecule has 3 nitrogen and oxygen atoms in total. The van der Waals surface area contributed by atoms with Crippen LogP contribution < -0.4 is 5.73 Å². The number of carbonyl (C=O) groups excluding carboxylic acids is 1. The number of amides is 1. The van der Waals surface area contributed by atoms with Crippen molar-refractivity contribution in [3.63, 3.8) is 0 Å². The molecule has 0 radical (unpaired) electrons. The van der Waals surface area contributed by atoms with Crippen LogP contribution in [0.5, 0.6) is 0 Å². The zero-order valence-electron chi connectivity index (χ0n) is 11.7. The number of carbonyl (C=O) groups is 1. The number of nitrogens with zero attached hydrogens (tertiary/aromatic N) is 1. The molecule has 0 aromatic heterocycles. The van der Waals surface area contributed by atoms with E-state index >= 15 is 0 Å². The second kappa shape index (κ2) is 5.91. The van der Waals surface area contributed by atoms with Crippen LogP contribution in [0.25, 0.3) is 6.08 Å². The lowest BCUT2D eigenvalue weighted by Gasteiger charge is -2.36. The van der Waals surface area contributed by atoms with Gasteiger partial charge in [0.05, 0.1) is 0 Å². The van der Waals surface area contributed by atoms with Crippen molar-refractivity contribution >= 4 is 17.7 Å². The first-order valence-corrected chi connectivity index (χ1v) is 6.90. The van der Waals surface area contributed by atoms with Crippen molar-refractivity contribution in [3.05, 3.63) is 35.9 Å². The summed E-state index contributed by atoms with van der Waals surface area (Å²) in [4.78, 5) is 14.2. The van der Waals surface area contributed by atoms with Gasteiger partial charge in [0.2, 0.25) is 5.91 Å². The quantitative estimate of drug-likeness (QED) is 0.655. The van der Waals surface area contributed by atoms with Gasteiger partial charge in [0.1, 0.15) is 0 Å². The third-order valence-electron chi connectivity index (χ3n) is 3.73. The maximum Gasteiger partial charge on any atom is 0.246 e. The van der Waals surface area contributed by atoms with Crippen LogP contribution in [0, 0.1) is 5.92 Å². The van der Waals surface area contributed by atoms with E-state index in [9.17, 15) is 4.79 Å². The van der Waals surface area contributed by atoms with E-state index in [1.54, 1.807) is 6.08 Å².